The second kappa shape index (κ2) is 4.74. The van der Waals surface area contributed by atoms with Gasteiger partial charge in [-0.05, 0) is 30.6 Å². The van der Waals surface area contributed by atoms with E-state index in [-0.39, 0.29) is 5.82 Å². The molecule has 16 heavy (non-hydrogen) atoms. The zero-order chi connectivity index (χ0) is 11.5. The average Bonchev–Trinajstić information content (AvgIpc) is 2.58. The van der Waals surface area contributed by atoms with E-state index in [0.29, 0.717) is 11.5 Å². The molecule has 0 unspecified atom stereocenters. The van der Waals surface area contributed by atoms with Gasteiger partial charge in [-0.3, -0.25) is 0 Å². The lowest BCUT2D eigenvalue weighted by atomic mass is 10.3. The van der Waals surface area contributed by atoms with Gasteiger partial charge in [-0.25, -0.2) is 9.37 Å². The predicted octanol–water partition coefficient (Wildman–Crippen LogP) is 2.51. The Morgan fingerprint density at radius 1 is 1.50 bits per heavy atom. The molecule has 0 aliphatic rings. The van der Waals surface area contributed by atoms with Crippen LogP contribution in [0.15, 0.2) is 18.2 Å². The van der Waals surface area contributed by atoms with E-state index in [1.165, 1.54) is 6.07 Å². The van der Waals surface area contributed by atoms with Crippen LogP contribution in [-0.2, 0) is 6.54 Å². The maximum absolute atomic E-state index is 13.4. The van der Waals surface area contributed by atoms with Crippen LogP contribution < -0.4 is 5.73 Å². The lowest BCUT2D eigenvalue weighted by Crippen LogP contribution is -2.04. The van der Waals surface area contributed by atoms with Crippen LogP contribution in [0.25, 0.3) is 11.0 Å². The molecule has 1 aromatic heterocycles. The number of hydrogen-bond donors (Lipinski definition) is 1. The largest absolute Gasteiger partial charge is 0.369 e. The fourth-order valence-corrected chi connectivity index (χ4v) is 2.15. The van der Waals surface area contributed by atoms with Gasteiger partial charge >= 0.3 is 0 Å². The number of thioether (sulfide) groups is 1. The molecule has 0 bridgehead atoms. The van der Waals surface area contributed by atoms with Crippen LogP contribution >= 0.6 is 11.8 Å². The zero-order valence-electron chi connectivity index (χ0n) is 9.11. The Morgan fingerprint density at radius 3 is 3.06 bits per heavy atom. The number of aromatic nitrogens is 2. The summed E-state index contributed by atoms with van der Waals surface area (Å²) in [4.78, 5) is 4.05. The summed E-state index contributed by atoms with van der Waals surface area (Å²) in [5, 5.41) is 0. The SMILES string of the molecule is CSCCCn1c(N)nc2c(F)cccc21. The highest BCUT2D eigenvalue weighted by Crippen LogP contribution is 2.20. The Balaban J connectivity index is 2.36. The first-order valence-corrected chi connectivity index (χ1v) is 6.52. The summed E-state index contributed by atoms with van der Waals surface area (Å²) < 4.78 is 15.3. The van der Waals surface area contributed by atoms with Crippen LogP contribution in [0.5, 0.6) is 0 Å². The second-order valence-electron chi connectivity index (χ2n) is 3.58. The Bertz CT molecular complexity index is 495. The van der Waals surface area contributed by atoms with E-state index >= 15 is 0 Å². The summed E-state index contributed by atoms with van der Waals surface area (Å²) in [7, 11) is 0. The lowest BCUT2D eigenvalue weighted by Gasteiger charge is -2.05. The molecule has 86 valence electrons. The molecule has 0 fully saturated rings. The highest BCUT2D eigenvalue weighted by Gasteiger charge is 2.10. The molecule has 0 atom stereocenters. The van der Waals surface area contributed by atoms with Gasteiger partial charge in [-0.15, -0.1) is 0 Å². The highest BCUT2D eigenvalue weighted by atomic mass is 32.2. The summed E-state index contributed by atoms with van der Waals surface area (Å²) in [5.74, 6) is 1.14. The number of aryl methyl sites for hydroxylation is 1. The van der Waals surface area contributed by atoms with Crippen LogP contribution in [-0.4, -0.2) is 21.6 Å². The number of rotatable bonds is 4. The topological polar surface area (TPSA) is 43.8 Å². The van der Waals surface area contributed by atoms with Crippen molar-refractivity contribution in [1.29, 1.82) is 0 Å². The summed E-state index contributed by atoms with van der Waals surface area (Å²) in [5.41, 5.74) is 6.92. The first kappa shape index (κ1) is 11.3. The molecule has 0 spiro atoms. The summed E-state index contributed by atoms with van der Waals surface area (Å²) in [6.45, 7) is 0.784. The molecule has 2 aromatic rings. The predicted molar refractivity (Wildman–Crippen MR) is 67.1 cm³/mol. The van der Waals surface area contributed by atoms with Crippen molar-refractivity contribution in [1.82, 2.24) is 9.55 Å². The van der Waals surface area contributed by atoms with Gasteiger partial charge in [0.15, 0.2) is 5.82 Å². The minimum atomic E-state index is -0.312. The van der Waals surface area contributed by atoms with Crippen LogP contribution in [0.3, 0.4) is 0 Å². The van der Waals surface area contributed by atoms with Gasteiger partial charge in [0, 0.05) is 6.54 Å². The Morgan fingerprint density at radius 2 is 2.31 bits per heavy atom. The minimum absolute atomic E-state index is 0.312. The fourth-order valence-electron chi connectivity index (χ4n) is 1.73. The van der Waals surface area contributed by atoms with Crippen molar-refractivity contribution in [3.63, 3.8) is 0 Å². The number of nitrogen functional groups attached to an aromatic ring is 1. The van der Waals surface area contributed by atoms with Crippen LogP contribution in [0, 0.1) is 5.82 Å². The molecule has 1 heterocycles. The molecule has 0 radical (unpaired) electrons. The van der Waals surface area contributed by atoms with Crippen molar-refractivity contribution in [3.05, 3.63) is 24.0 Å². The second-order valence-corrected chi connectivity index (χ2v) is 4.56. The zero-order valence-corrected chi connectivity index (χ0v) is 9.93. The monoisotopic (exact) mass is 239 g/mol. The van der Waals surface area contributed by atoms with Crippen LogP contribution in [0.1, 0.15) is 6.42 Å². The third kappa shape index (κ3) is 2.00. The Kier molecular flexibility index (Phi) is 3.33. The Labute approximate surface area is 97.8 Å². The first-order chi connectivity index (χ1) is 7.74. The number of fused-ring (bicyclic) bond motifs is 1. The summed E-state index contributed by atoms with van der Waals surface area (Å²) in [6.07, 6.45) is 3.07. The lowest BCUT2D eigenvalue weighted by molar-refractivity contribution is 0.637. The van der Waals surface area contributed by atoms with E-state index in [1.807, 2.05) is 10.6 Å². The molecular formula is C11H14FN3S. The molecule has 0 amide bonds. The van der Waals surface area contributed by atoms with Gasteiger partial charge in [-0.1, -0.05) is 6.07 Å². The normalized spacial score (nSPS) is 11.1. The molecule has 2 N–H and O–H groups in total. The fraction of sp³-hybridized carbons (Fsp3) is 0.364. The van der Waals surface area contributed by atoms with Crippen molar-refractivity contribution in [2.75, 3.05) is 17.7 Å². The molecule has 0 aliphatic carbocycles. The highest BCUT2D eigenvalue weighted by molar-refractivity contribution is 7.98. The van der Waals surface area contributed by atoms with Crippen LogP contribution in [0.4, 0.5) is 10.3 Å². The van der Waals surface area contributed by atoms with E-state index in [9.17, 15) is 4.39 Å². The van der Waals surface area contributed by atoms with Gasteiger partial charge in [0.2, 0.25) is 5.95 Å². The van der Waals surface area contributed by atoms with Crippen molar-refractivity contribution < 1.29 is 4.39 Å². The maximum Gasteiger partial charge on any atom is 0.201 e. The van der Waals surface area contributed by atoms with E-state index in [4.69, 9.17) is 5.73 Å². The number of nitrogens with zero attached hydrogens (tertiary/aromatic N) is 2. The van der Waals surface area contributed by atoms with E-state index < -0.39 is 0 Å². The number of anilines is 1. The van der Waals surface area contributed by atoms with Gasteiger partial charge in [0.25, 0.3) is 0 Å². The number of hydrogen-bond acceptors (Lipinski definition) is 3. The molecule has 2 rings (SSSR count). The standard InChI is InChI=1S/C11H14FN3S/c1-16-7-3-6-15-9-5-2-4-8(12)10(9)14-11(15)13/h2,4-5H,3,6-7H2,1H3,(H2,13,14). The quantitative estimate of drug-likeness (QED) is 0.834. The number of benzene rings is 1. The summed E-state index contributed by atoms with van der Waals surface area (Å²) >= 11 is 1.79. The van der Waals surface area contributed by atoms with Gasteiger partial charge in [0.05, 0.1) is 5.52 Å². The number of para-hydroxylation sites is 1. The van der Waals surface area contributed by atoms with Gasteiger partial charge in [0.1, 0.15) is 5.52 Å². The van der Waals surface area contributed by atoms with Crippen molar-refractivity contribution in [2.45, 2.75) is 13.0 Å². The minimum Gasteiger partial charge on any atom is -0.369 e. The molecule has 3 nitrogen and oxygen atoms in total. The molecular weight excluding hydrogens is 225 g/mol. The van der Waals surface area contributed by atoms with Gasteiger partial charge < -0.3 is 10.3 Å². The summed E-state index contributed by atoms with van der Waals surface area (Å²) in [6, 6.07) is 4.94. The van der Waals surface area contributed by atoms with Crippen molar-refractivity contribution >= 4 is 28.7 Å². The van der Waals surface area contributed by atoms with E-state index in [2.05, 4.69) is 11.2 Å². The number of halogens is 1. The smallest absolute Gasteiger partial charge is 0.201 e. The number of nitrogens with two attached hydrogens (primary N) is 1. The molecule has 0 saturated heterocycles. The average molecular weight is 239 g/mol. The van der Waals surface area contributed by atoms with Gasteiger partial charge in [-0.2, -0.15) is 11.8 Å². The number of imidazole rings is 1. The molecule has 1 aromatic carbocycles. The maximum atomic E-state index is 13.4. The third-order valence-corrected chi connectivity index (χ3v) is 3.19. The van der Waals surface area contributed by atoms with E-state index in [0.717, 1.165) is 24.2 Å². The molecule has 0 saturated carbocycles. The molecule has 0 aliphatic heterocycles. The Hall–Kier alpha value is -1.23. The molecule has 5 heteroatoms. The van der Waals surface area contributed by atoms with Crippen LogP contribution in [0.2, 0.25) is 0 Å². The third-order valence-electron chi connectivity index (χ3n) is 2.49. The first-order valence-electron chi connectivity index (χ1n) is 5.13. The van der Waals surface area contributed by atoms with Crippen molar-refractivity contribution in [3.8, 4) is 0 Å². The van der Waals surface area contributed by atoms with Crippen molar-refractivity contribution in [2.24, 2.45) is 0 Å². The van der Waals surface area contributed by atoms with E-state index in [1.54, 1.807) is 17.8 Å².